The minimum absolute atomic E-state index is 0.102. The number of ketones is 1. The van der Waals surface area contributed by atoms with Gasteiger partial charge in [-0.3, -0.25) is 9.59 Å². The molecule has 0 unspecified atom stereocenters. The first-order valence-corrected chi connectivity index (χ1v) is 9.48. The number of hydrogen-bond donors (Lipinski definition) is 0. The molecular formula is C21H28N2O5. The number of nitrogens with zero attached hydrogens (tertiary/aromatic N) is 2. The fourth-order valence-electron chi connectivity index (χ4n) is 3.43. The number of hydrogen-bond acceptors (Lipinski definition) is 5. The summed E-state index contributed by atoms with van der Waals surface area (Å²) in [7, 11) is 0. The molecule has 0 aliphatic heterocycles. The molecule has 0 aliphatic carbocycles. The molecule has 0 saturated carbocycles. The summed E-state index contributed by atoms with van der Waals surface area (Å²) in [6.07, 6.45) is 1.43. The van der Waals surface area contributed by atoms with E-state index in [0.717, 1.165) is 0 Å². The fourth-order valence-corrected chi connectivity index (χ4v) is 3.43. The quantitative estimate of drug-likeness (QED) is 0.509. The van der Waals surface area contributed by atoms with Gasteiger partial charge in [0.2, 0.25) is 0 Å². The van der Waals surface area contributed by atoms with Crippen LogP contribution in [0.15, 0.2) is 22.8 Å². The summed E-state index contributed by atoms with van der Waals surface area (Å²) in [4.78, 5) is 39.7. The third-order valence-corrected chi connectivity index (χ3v) is 4.76. The number of amides is 1. The molecule has 28 heavy (non-hydrogen) atoms. The molecular weight excluding hydrogens is 360 g/mol. The Bertz CT molecular complexity index is 862. The van der Waals surface area contributed by atoms with Gasteiger partial charge in [-0.15, -0.1) is 0 Å². The molecule has 0 N–H and O–H groups in total. The molecule has 0 atom stereocenters. The molecule has 152 valence electrons. The monoisotopic (exact) mass is 388 g/mol. The lowest BCUT2D eigenvalue weighted by Crippen LogP contribution is -2.40. The number of Topliss-reactive ketones (excluding diaryl/α,β-unsaturated/α-hetero) is 1. The maximum Gasteiger partial charge on any atom is 0.355 e. The van der Waals surface area contributed by atoms with E-state index < -0.39 is 5.97 Å². The number of rotatable bonds is 8. The lowest BCUT2D eigenvalue weighted by molar-refractivity contribution is 0.0512. The third kappa shape index (κ3) is 4.03. The first-order valence-electron chi connectivity index (χ1n) is 9.48. The average Bonchev–Trinajstić information content (AvgIpc) is 3.25. The van der Waals surface area contributed by atoms with Gasteiger partial charge >= 0.3 is 5.97 Å². The summed E-state index contributed by atoms with van der Waals surface area (Å²) in [5.74, 6) is -0.824. The van der Waals surface area contributed by atoms with Crippen LogP contribution in [0.5, 0.6) is 0 Å². The predicted molar refractivity (Wildman–Crippen MR) is 105 cm³/mol. The van der Waals surface area contributed by atoms with Crippen molar-refractivity contribution < 1.29 is 23.5 Å². The van der Waals surface area contributed by atoms with Crippen molar-refractivity contribution in [1.82, 2.24) is 9.47 Å². The van der Waals surface area contributed by atoms with Crippen LogP contribution in [0.3, 0.4) is 0 Å². The van der Waals surface area contributed by atoms with E-state index in [4.69, 9.17) is 9.15 Å². The second-order valence-corrected chi connectivity index (χ2v) is 6.83. The summed E-state index contributed by atoms with van der Waals surface area (Å²) < 4.78 is 12.1. The summed E-state index contributed by atoms with van der Waals surface area (Å²) in [5, 5.41) is 0. The van der Waals surface area contributed by atoms with Crippen LogP contribution in [0, 0.1) is 13.8 Å². The minimum atomic E-state index is -0.448. The van der Waals surface area contributed by atoms with Crippen molar-refractivity contribution in [1.29, 1.82) is 0 Å². The Hall–Kier alpha value is -2.83. The van der Waals surface area contributed by atoms with E-state index >= 15 is 0 Å². The van der Waals surface area contributed by atoms with Crippen LogP contribution >= 0.6 is 0 Å². The van der Waals surface area contributed by atoms with Gasteiger partial charge in [-0.25, -0.2) is 4.79 Å². The highest BCUT2D eigenvalue weighted by Gasteiger charge is 2.30. The highest BCUT2D eigenvalue weighted by Crippen LogP contribution is 2.24. The van der Waals surface area contributed by atoms with Gasteiger partial charge < -0.3 is 18.6 Å². The van der Waals surface area contributed by atoms with Gasteiger partial charge in [-0.2, -0.15) is 0 Å². The summed E-state index contributed by atoms with van der Waals surface area (Å²) in [5.41, 5.74) is 2.13. The molecule has 2 heterocycles. The topological polar surface area (TPSA) is 81.8 Å². The number of esters is 1. The fraction of sp³-hybridized carbons (Fsp3) is 0.476. The van der Waals surface area contributed by atoms with Crippen molar-refractivity contribution in [2.75, 3.05) is 13.2 Å². The highest BCUT2D eigenvalue weighted by atomic mass is 16.5. The van der Waals surface area contributed by atoms with Crippen LogP contribution in [0.2, 0.25) is 0 Å². The minimum Gasteiger partial charge on any atom is -0.461 e. The maximum atomic E-state index is 13.1. The molecule has 0 radical (unpaired) electrons. The Morgan fingerprint density at radius 2 is 1.89 bits per heavy atom. The number of carbonyl (C=O) groups excluding carboxylic acids is 3. The van der Waals surface area contributed by atoms with E-state index in [-0.39, 0.29) is 36.6 Å². The predicted octanol–water partition coefficient (Wildman–Crippen LogP) is 3.63. The maximum absolute atomic E-state index is 13.1. The standard InChI is InChI=1S/C21H28N2O5/c1-7-22-15(6)18(14(5)19(22)21(26)27-8-2)16(24)12-23(13(3)4)20(25)17-10-9-11-28-17/h9-11,13H,7-8,12H2,1-6H3. The average molecular weight is 388 g/mol. The number of furan rings is 1. The molecule has 2 aromatic heterocycles. The van der Waals surface area contributed by atoms with E-state index in [1.165, 1.54) is 11.2 Å². The molecule has 7 heteroatoms. The molecule has 0 aromatic carbocycles. The molecule has 7 nitrogen and oxygen atoms in total. The zero-order chi connectivity index (χ0) is 21.0. The lowest BCUT2D eigenvalue weighted by atomic mass is 10.0. The normalized spacial score (nSPS) is 11.0. The van der Waals surface area contributed by atoms with Gasteiger partial charge in [0.1, 0.15) is 5.69 Å². The van der Waals surface area contributed by atoms with Crippen LogP contribution in [-0.2, 0) is 11.3 Å². The SMILES string of the molecule is CCOC(=O)c1c(C)c(C(=O)CN(C(=O)c2ccco2)C(C)C)c(C)n1CC. The molecule has 2 rings (SSSR count). The lowest BCUT2D eigenvalue weighted by Gasteiger charge is -2.25. The Morgan fingerprint density at radius 1 is 1.21 bits per heavy atom. The van der Waals surface area contributed by atoms with Gasteiger partial charge in [0.05, 0.1) is 19.4 Å². The molecule has 2 aromatic rings. The van der Waals surface area contributed by atoms with Gasteiger partial charge in [0.25, 0.3) is 5.91 Å². The third-order valence-electron chi connectivity index (χ3n) is 4.76. The summed E-state index contributed by atoms with van der Waals surface area (Å²) >= 11 is 0. The summed E-state index contributed by atoms with van der Waals surface area (Å²) in [6, 6.07) is 3.01. The van der Waals surface area contributed by atoms with Crippen LogP contribution in [-0.4, -0.2) is 46.3 Å². The van der Waals surface area contributed by atoms with E-state index in [2.05, 4.69) is 0 Å². The number of carbonyl (C=O) groups is 3. The zero-order valence-electron chi connectivity index (χ0n) is 17.4. The Kier molecular flexibility index (Phi) is 6.83. The van der Waals surface area contributed by atoms with Crippen molar-refractivity contribution >= 4 is 17.7 Å². The molecule has 1 amide bonds. The Labute approximate surface area is 165 Å². The van der Waals surface area contributed by atoms with Gasteiger partial charge in [0.15, 0.2) is 11.5 Å². The van der Waals surface area contributed by atoms with Crippen molar-refractivity contribution in [2.45, 2.75) is 54.1 Å². The number of ether oxygens (including phenoxy) is 1. The van der Waals surface area contributed by atoms with E-state index in [1.807, 2.05) is 20.8 Å². The molecule has 0 fully saturated rings. The molecule has 0 saturated heterocycles. The zero-order valence-corrected chi connectivity index (χ0v) is 17.4. The Balaban J connectivity index is 2.40. The van der Waals surface area contributed by atoms with Crippen molar-refractivity contribution in [3.63, 3.8) is 0 Å². The van der Waals surface area contributed by atoms with E-state index in [0.29, 0.717) is 29.1 Å². The summed E-state index contributed by atoms with van der Waals surface area (Å²) in [6.45, 7) is 11.6. The highest BCUT2D eigenvalue weighted by molar-refractivity contribution is 6.05. The van der Waals surface area contributed by atoms with Gasteiger partial charge in [0, 0.05) is 23.8 Å². The first-order chi connectivity index (χ1) is 13.2. The van der Waals surface area contributed by atoms with Crippen LogP contribution in [0.1, 0.15) is 70.4 Å². The smallest absolute Gasteiger partial charge is 0.355 e. The van der Waals surface area contributed by atoms with Gasteiger partial charge in [-0.1, -0.05) is 0 Å². The van der Waals surface area contributed by atoms with Crippen LogP contribution in [0.25, 0.3) is 0 Å². The van der Waals surface area contributed by atoms with Crippen LogP contribution < -0.4 is 0 Å². The van der Waals surface area contributed by atoms with Crippen molar-refractivity contribution in [2.24, 2.45) is 0 Å². The van der Waals surface area contributed by atoms with Gasteiger partial charge in [-0.05, 0) is 59.2 Å². The van der Waals surface area contributed by atoms with Crippen molar-refractivity contribution in [3.05, 3.63) is 46.7 Å². The second-order valence-electron chi connectivity index (χ2n) is 6.83. The first kappa shape index (κ1) is 21.5. The largest absolute Gasteiger partial charge is 0.461 e. The van der Waals surface area contributed by atoms with E-state index in [1.54, 1.807) is 37.5 Å². The van der Waals surface area contributed by atoms with E-state index in [9.17, 15) is 14.4 Å². The van der Waals surface area contributed by atoms with Crippen molar-refractivity contribution in [3.8, 4) is 0 Å². The number of aromatic nitrogens is 1. The second kappa shape index (κ2) is 8.91. The molecule has 0 bridgehead atoms. The Morgan fingerprint density at radius 3 is 2.39 bits per heavy atom. The molecule has 0 aliphatic rings. The molecule has 0 spiro atoms. The van der Waals surface area contributed by atoms with Crippen LogP contribution in [0.4, 0.5) is 0 Å².